The lowest BCUT2D eigenvalue weighted by Crippen LogP contribution is -2.40. The molecule has 132 valence electrons. The Bertz CT molecular complexity index is 859. The predicted molar refractivity (Wildman–Crippen MR) is 96.3 cm³/mol. The fraction of sp³-hybridized carbons (Fsp3) is 0.167. The molecule has 0 aliphatic carbocycles. The highest BCUT2D eigenvalue weighted by molar-refractivity contribution is 7.89. The van der Waals surface area contributed by atoms with E-state index in [0.29, 0.717) is 12.4 Å². The number of benzene rings is 2. The number of carbonyl (C=O) groups excluding carboxylic acids is 1. The van der Waals surface area contributed by atoms with Gasteiger partial charge in [-0.3, -0.25) is 10.2 Å². The van der Waals surface area contributed by atoms with Crippen LogP contribution in [0.1, 0.15) is 18.1 Å². The van der Waals surface area contributed by atoms with E-state index in [1.807, 2.05) is 38.1 Å². The van der Waals surface area contributed by atoms with Crippen molar-refractivity contribution in [1.82, 2.24) is 10.3 Å². The van der Waals surface area contributed by atoms with Gasteiger partial charge in [-0.05, 0) is 55.3 Å². The number of hydrogen-bond acceptors (Lipinski definition) is 4. The molecular weight excluding hydrogens is 340 g/mol. The number of amides is 1. The summed E-state index contributed by atoms with van der Waals surface area (Å²) >= 11 is 0. The summed E-state index contributed by atoms with van der Waals surface area (Å²) in [7, 11) is -3.85. The van der Waals surface area contributed by atoms with Crippen LogP contribution in [0.25, 0.3) is 6.08 Å². The molecule has 2 N–H and O–H groups in total. The summed E-state index contributed by atoms with van der Waals surface area (Å²) in [5.74, 6) is 0.00409. The molecule has 0 atom stereocenters. The van der Waals surface area contributed by atoms with E-state index in [2.05, 4.69) is 10.3 Å². The lowest BCUT2D eigenvalue weighted by molar-refractivity contribution is -0.116. The van der Waals surface area contributed by atoms with Gasteiger partial charge in [-0.25, -0.2) is 8.42 Å². The molecule has 0 fully saturated rings. The molecular formula is C18H20N2O4S. The average Bonchev–Trinajstić information content (AvgIpc) is 2.60. The number of carbonyl (C=O) groups is 1. The van der Waals surface area contributed by atoms with Gasteiger partial charge in [-0.2, -0.15) is 0 Å². The Kier molecular flexibility index (Phi) is 6.32. The Hall–Kier alpha value is -2.64. The molecule has 2 aromatic rings. The largest absolute Gasteiger partial charge is 0.494 e. The molecule has 25 heavy (non-hydrogen) atoms. The Morgan fingerprint density at radius 3 is 2.44 bits per heavy atom. The van der Waals surface area contributed by atoms with Crippen molar-refractivity contribution in [2.45, 2.75) is 18.7 Å². The smallest absolute Gasteiger partial charge is 0.258 e. The molecule has 0 aliphatic rings. The molecule has 0 aromatic heterocycles. The SMILES string of the molecule is CCOc1ccc(S(=O)(=O)NNC(=O)/C=C/c2ccccc2C)cc1. The summed E-state index contributed by atoms with van der Waals surface area (Å²) in [5.41, 5.74) is 4.05. The molecule has 6 nitrogen and oxygen atoms in total. The van der Waals surface area contributed by atoms with E-state index in [1.54, 1.807) is 18.2 Å². The summed E-state index contributed by atoms with van der Waals surface area (Å²) in [6.07, 6.45) is 2.89. The number of hydrogen-bond donors (Lipinski definition) is 2. The minimum absolute atomic E-state index is 0.0270. The number of ether oxygens (including phenoxy) is 1. The van der Waals surface area contributed by atoms with Gasteiger partial charge in [0.05, 0.1) is 11.5 Å². The van der Waals surface area contributed by atoms with Crippen LogP contribution < -0.4 is 15.0 Å². The van der Waals surface area contributed by atoms with E-state index in [9.17, 15) is 13.2 Å². The number of sulfonamides is 1. The lowest BCUT2D eigenvalue weighted by atomic mass is 10.1. The van der Waals surface area contributed by atoms with Crippen molar-refractivity contribution < 1.29 is 17.9 Å². The lowest BCUT2D eigenvalue weighted by Gasteiger charge is -2.08. The monoisotopic (exact) mass is 360 g/mol. The zero-order valence-electron chi connectivity index (χ0n) is 14.0. The number of aryl methyl sites for hydroxylation is 1. The van der Waals surface area contributed by atoms with Gasteiger partial charge in [0.2, 0.25) is 0 Å². The van der Waals surface area contributed by atoms with Crippen molar-refractivity contribution in [2.75, 3.05) is 6.61 Å². The molecule has 0 spiro atoms. The Morgan fingerprint density at radius 1 is 1.12 bits per heavy atom. The van der Waals surface area contributed by atoms with Crippen LogP contribution in [0.3, 0.4) is 0 Å². The van der Waals surface area contributed by atoms with Gasteiger partial charge >= 0.3 is 0 Å². The molecule has 0 aliphatic heterocycles. The summed E-state index contributed by atoms with van der Waals surface area (Å²) in [4.78, 5) is 13.9. The summed E-state index contributed by atoms with van der Waals surface area (Å²) in [5, 5.41) is 0. The van der Waals surface area contributed by atoms with Crippen LogP contribution in [-0.4, -0.2) is 20.9 Å². The first-order chi connectivity index (χ1) is 11.9. The van der Waals surface area contributed by atoms with Gasteiger partial charge in [0.25, 0.3) is 15.9 Å². The molecule has 2 aromatic carbocycles. The molecule has 0 radical (unpaired) electrons. The van der Waals surface area contributed by atoms with Crippen molar-refractivity contribution >= 4 is 22.0 Å². The van der Waals surface area contributed by atoms with Gasteiger partial charge in [0.1, 0.15) is 5.75 Å². The van der Waals surface area contributed by atoms with Crippen molar-refractivity contribution in [2.24, 2.45) is 0 Å². The Morgan fingerprint density at radius 2 is 1.80 bits per heavy atom. The molecule has 0 saturated heterocycles. The maximum atomic E-state index is 12.1. The minimum atomic E-state index is -3.85. The standard InChI is InChI=1S/C18H20N2O4S/c1-3-24-16-9-11-17(12-10-16)25(22,23)20-19-18(21)13-8-15-7-5-4-6-14(15)2/h4-13,20H,3H2,1-2H3,(H,19,21)/b13-8+. The Balaban J connectivity index is 1.97. The van der Waals surface area contributed by atoms with Crippen LogP contribution in [-0.2, 0) is 14.8 Å². The van der Waals surface area contributed by atoms with Crippen LogP contribution >= 0.6 is 0 Å². The van der Waals surface area contributed by atoms with E-state index in [0.717, 1.165) is 11.1 Å². The summed E-state index contributed by atoms with van der Waals surface area (Å²) < 4.78 is 29.5. The van der Waals surface area contributed by atoms with E-state index in [4.69, 9.17) is 4.74 Å². The first kappa shape index (κ1) is 18.7. The third-order valence-corrected chi connectivity index (χ3v) is 4.62. The van der Waals surface area contributed by atoms with Crippen LogP contribution in [0, 0.1) is 6.92 Å². The highest BCUT2D eigenvalue weighted by Crippen LogP contribution is 2.15. The first-order valence-electron chi connectivity index (χ1n) is 7.71. The zero-order chi connectivity index (χ0) is 18.3. The second-order valence-corrected chi connectivity index (χ2v) is 6.87. The second-order valence-electron chi connectivity index (χ2n) is 5.19. The van der Waals surface area contributed by atoms with E-state index in [-0.39, 0.29) is 4.90 Å². The topological polar surface area (TPSA) is 84.5 Å². The number of nitrogens with one attached hydrogen (secondary N) is 2. The summed E-state index contributed by atoms with van der Waals surface area (Å²) in [6.45, 7) is 4.26. The fourth-order valence-corrected chi connectivity index (χ4v) is 2.89. The molecule has 0 bridgehead atoms. The zero-order valence-corrected chi connectivity index (χ0v) is 14.8. The highest BCUT2D eigenvalue weighted by atomic mass is 32.2. The van der Waals surface area contributed by atoms with Crippen molar-refractivity contribution in [3.8, 4) is 5.75 Å². The normalized spacial score (nSPS) is 11.4. The number of rotatable bonds is 7. The van der Waals surface area contributed by atoms with E-state index in [1.165, 1.54) is 18.2 Å². The minimum Gasteiger partial charge on any atom is -0.494 e. The maximum Gasteiger partial charge on any atom is 0.258 e. The van der Waals surface area contributed by atoms with Crippen LogP contribution in [0.5, 0.6) is 5.75 Å². The van der Waals surface area contributed by atoms with Crippen molar-refractivity contribution in [3.05, 3.63) is 65.7 Å². The molecule has 2 rings (SSSR count). The first-order valence-corrected chi connectivity index (χ1v) is 9.19. The van der Waals surface area contributed by atoms with Crippen LogP contribution in [0.4, 0.5) is 0 Å². The highest BCUT2D eigenvalue weighted by Gasteiger charge is 2.14. The molecule has 0 unspecified atom stereocenters. The van der Waals surface area contributed by atoms with Crippen molar-refractivity contribution in [3.63, 3.8) is 0 Å². The quantitative estimate of drug-likeness (QED) is 0.587. The van der Waals surface area contributed by atoms with Gasteiger partial charge in [0, 0.05) is 6.08 Å². The molecule has 0 saturated carbocycles. The van der Waals surface area contributed by atoms with Crippen LogP contribution in [0.15, 0.2) is 59.5 Å². The number of hydrazine groups is 1. The third-order valence-electron chi connectivity index (χ3n) is 3.36. The second kappa shape index (κ2) is 8.46. The van der Waals surface area contributed by atoms with E-state index >= 15 is 0 Å². The van der Waals surface area contributed by atoms with Gasteiger partial charge in [0.15, 0.2) is 0 Å². The van der Waals surface area contributed by atoms with Gasteiger partial charge in [-0.1, -0.05) is 24.3 Å². The van der Waals surface area contributed by atoms with Gasteiger partial charge in [-0.15, -0.1) is 4.83 Å². The van der Waals surface area contributed by atoms with Crippen LogP contribution in [0.2, 0.25) is 0 Å². The van der Waals surface area contributed by atoms with Crippen molar-refractivity contribution in [1.29, 1.82) is 0 Å². The maximum absolute atomic E-state index is 12.1. The Labute approximate surface area is 147 Å². The third kappa shape index (κ3) is 5.44. The summed E-state index contributed by atoms with van der Waals surface area (Å²) in [6, 6.07) is 13.5. The van der Waals surface area contributed by atoms with Gasteiger partial charge < -0.3 is 4.74 Å². The van der Waals surface area contributed by atoms with E-state index < -0.39 is 15.9 Å². The average molecular weight is 360 g/mol. The molecule has 7 heteroatoms. The molecule has 0 heterocycles. The molecule has 1 amide bonds. The fourth-order valence-electron chi connectivity index (χ4n) is 2.04. The predicted octanol–water partition coefficient (Wildman–Crippen LogP) is 2.42.